The van der Waals surface area contributed by atoms with Crippen molar-refractivity contribution < 1.29 is 38.3 Å². The van der Waals surface area contributed by atoms with Crippen molar-refractivity contribution in [2.75, 3.05) is 20.5 Å². The van der Waals surface area contributed by atoms with Crippen LogP contribution in [0.3, 0.4) is 0 Å². The number of nitro groups is 1. The standard InChI is InChI=1S/C20H18N2O9/c1-3-28-20(24)18-10-15(21-31-18)19-16(23)8-14(29-11-27-2)9-17(19)30-13-6-4-12(5-7-13)22(25)26/h4-10,23H,3,11H2,1-2H3. The molecule has 1 aromatic heterocycles. The average molecular weight is 430 g/mol. The van der Waals surface area contributed by atoms with Crippen LogP contribution in [-0.4, -0.2) is 41.7 Å². The van der Waals surface area contributed by atoms with E-state index in [1.807, 2.05) is 0 Å². The minimum absolute atomic E-state index is 0.0767. The molecule has 31 heavy (non-hydrogen) atoms. The van der Waals surface area contributed by atoms with Gasteiger partial charge >= 0.3 is 5.97 Å². The lowest BCUT2D eigenvalue weighted by Gasteiger charge is -2.14. The van der Waals surface area contributed by atoms with Crippen LogP contribution >= 0.6 is 0 Å². The first-order chi connectivity index (χ1) is 14.9. The number of aromatic nitrogens is 1. The second-order valence-electron chi connectivity index (χ2n) is 6.02. The molecule has 2 aromatic carbocycles. The minimum atomic E-state index is -0.710. The molecule has 0 amide bonds. The van der Waals surface area contributed by atoms with Gasteiger partial charge in [0, 0.05) is 37.4 Å². The van der Waals surface area contributed by atoms with Crippen molar-refractivity contribution >= 4 is 11.7 Å². The third kappa shape index (κ3) is 5.08. The van der Waals surface area contributed by atoms with Crippen molar-refractivity contribution in [1.82, 2.24) is 5.16 Å². The fourth-order valence-electron chi connectivity index (χ4n) is 2.58. The van der Waals surface area contributed by atoms with E-state index in [1.165, 1.54) is 49.6 Å². The van der Waals surface area contributed by atoms with Crippen molar-refractivity contribution in [1.29, 1.82) is 0 Å². The Balaban J connectivity index is 2.01. The van der Waals surface area contributed by atoms with E-state index in [1.54, 1.807) is 6.92 Å². The molecule has 0 unspecified atom stereocenters. The highest BCUT2D eigenvalue weighted by Gasteiger charge is 2.22. The van der Waals surface area contributed by atoms with Crippen LogP contribution in [-0.2, 0) is 9.47 Å². The molecule has 0 atom stereocenters. The van der Waals surface area contributed by atoms with Gasteiger partial charge in [-0.3, -0.25) is 10.1 Å². The number of non-ortho nitro benzene ring substituents is 1. The molecule has 1 heterocycles. The van der Waals surface area contributed by atoms with Crippen molar-refractivity contribution in [2.45, 2.75) is 6.92 Å². The monoisotopic (exact) mass is 430 g/mol. The predicted octanol–water partition coefficient (Wildman–Crippen LogP) is 3.91. The van der Waals surface area contributed by atoms with Crippen molar-refractivity contribution in [3.05, 3.63) is 58.3 Å². The normalized spacial score (nSPS) is 10.5. The van der Waals surface area contributed by atoms with Gasteiger partial charge in [-0.1, -0.05) is 5.16 Å². The molecule has 11 heteroatoms. The van der Waals surface area contributed by atoms with Gasteiger partial charge in [0.25, 0.3) is 5.69 Å². The lowest BCUT2D eigenvalue weighted by Crippen LogP contribution is -2.02. The van der Waals surface area contributed by atoms with Gasteiger partial charge in [0.15, 0.2) is 6.79 Å². The summed E-state index contributed by atoms with van der Waals surface area (Å²) >= 11 is 0. The summed E-state index contributed by atoms with van der Waals surface area (Å²) in [7, 11) is 1.44. The largest absolute Gasteiger partial charge is 0.507 e. The van der Waals surface area contributed by atoms with Gasteiger partial charge in [0.2, 0.25) is 5.76 Å². The number of rotatable bonds is 9. The van der Waals surface area contributed by atoms with E-state index in [9.17, 15) is 20.0 Å². The first-order valence-electron chi connectivity index (χ1n) is 8.98. The van der Waals surface area contributed by atoms with E-state index < -0.39 is 10.9 Å². The molecule has 0 saturated carbocycles. The van der Waals surface area contributed by atoms with E-state index >= 15 is 0 Å². The summed E-state index contributed by atoms with van der Waals surface area (Å²) in [5.41, 5.74) is 0.112. The Kier molecular flexibility index (Phi) is 6.67. The van der Waals surface area contributed by atoms with Crippen LogP contribution < -0.4 is 9.47 Å². The molecule has 3 rings (SSSR count). The van der Waals surface area contributed by atoms with Crippen LogP contribution in [0.15, 0.2) is 47.0 Å². The molecule has 0 fully saturated rings. The maximum absolute atomic E-state index is 11.9. The van der Waals surface area contributed by atoms with Gasteiger partial charge in [-0.05, 0) is 19.1 Å². The van der Waals surface area contributed by atoms with Crippen molar-refractivity contribution in [2.24, 2.45) is 0 Å². The SMILES string of the molecule is CCOC(=O)c1cc(-c2c(O)cc(OCOC)cc2Oc2ccc([N+](=O)[O-])cc2)no1. The fourth-order valence-corrected chi connectivity index (χ4v) is 2.58. The molecular formula is C20H18N2O9. The zero-order valence-corrected chi connectivity index (χ0v) is 16.6. The molecular weight excluding hydrogens is 412 g/mol. The number of methoxy groups -OCH3 is 1. The number of phenols is 1. The molecule has 11 nitrogen and oxygen atoms in total. The average Bonchev–Trinajstić information content (AvgIpc) is 3.22. The number of carbonyl (C=O) groups excluding carboxylic acids is 1. The third-order valence-corrected chi connectivity index (χ3v) is 3.92. The number of ether oxygens (including phenoxy) is 4. The summed E-state index contributed by atoms with van der Waals surface area (Å²) in [4.78, 5) is 22.2. The van der Waals surface area contributed by atoms with Gasteiger partial charge in [-0.15, -0.1) is 0 Å². The molecule has 1 N–H and O–H groups in total. The molecule has 0 aliphatic carbocycles. The van der Waals surface area contributed by atoms with E-state index in [2.05, 4.69) is 5.16 Å². The Labute approximate surface area is 175 Å². The third-order valence-electron chi connectivity index (χ3n) is 3.92. The summed E-state index contributed by atoms with van der Waals surface area (Å²) in [6.07, 6.45) is 0. The Morgan fingerprint density at radius 3 is 2.58 bits per heavy atom. The number of hydrogen-bond donors (Lipinski definition) is 1. The van der Waals surface area contributed by atoms with Gasteiger partial charge in [0.1, 0.15) is 28.7 Å². The van der Waals surface area contributed by atoms with Crippen LogP contribution in [0.25, 0.3) is 11.3 Å². The summed E-state index contributed by atoms with van der Waals surface area (Å²) < 4.78 is 25.9. The van der Waals surface area contributed by atoms with E-state index in [-0.39, 0.29) is 59.1 Å². The lowest BCUT2D eigenvalue weighted by atomic mass is 10.1. The second-order valence-corrected chi connectivity index (χ2v) is 6.02. The highest BCUT2D eigenvalue weighted by atomic mass is 16.7. The molecule has 162 valence electrons. The highest BCUT2D eigenvalue weighted by molar-refractivity contribution is 5.88. The molecule has 0 aliphatic heterocycles. The topological polar surface area (TPSA) is 143 Å². The zero-order chi connectivity index (χ0) is 22.4. The van der Waals surface area contributed by atoms with E-state index in [4.69, 9.17) is 23.5 Å². The number of aromatic hydroxyl groups is 1. The van der Waals surface area contributed by atoms with E-state index in [0.29, 0.717) is 0 Å². The molecule has 0 radical (unpaired) electrons. The summed E-state index contributed by atoms with van der Waals surface area (Å²) in [5, 5.41) is 25.2. The predicted molar refractivity (Wildman–Crippen MR) is 105 cm³/mol. The van der Waals surface area contributed by atoms with Crippen LogP contribution in [0.2, 0.25) is 0 Å². The second kappa shape index (κ2) is 9.59. The molecule has 0 spiro atoms. The number of benzene rings is 2. The number of esters is 1. The highest BCUT2D eigenvalue weighted by Crippen LogP contribution is 2.43. The minimum Gasteiger partial charge on any atom is -0.507 e. The summed E-state index contributed by atoms with van der Waals surface area (Å²) in [6.45, 7) is 1.72. The number of carbonyl (C=O) groups is 1. The zero-order valence-electron chi connectivity index (χ0n) is 16.6. The Bertz CT molecular complexity index is 1080. The molecule has 0 aliphatic rings. The maximum Gasteiger partial charge on any atom is 0.377 e. The Morgan fingerprint density at radius 2 is 1.94 bits per heavy atom. The summed E-state index contributed by atoms with van der Waals surface area (Å²) in [5.74, 6) is -0.549. The number of nitro benzene ring substituents is 1. The van der Waals surface area contributed by atoms with E-state index in [0.717, 1.165) is 0 Å². The number of phenolic OH excluding ortho intramolecular Hbond substituents is 1. The van der Waals surface area contributed by atoms with Crippen LogP contribution in [0, 0.1) is 10.1 Å². The molecule has 0 bridgehead atoms. The molecule has 3 aromatic rings. The number of nitrogens with zero attached hydrogens (tertiary/aromatic N) is 2. The quantitative estimate of drug-likeness (QED) is 0.230. The first-order valence-corrected chi connectivity index (χ1v) is 8.98. The van der Waals surface area contributed by atoms with Gasteiger partial charge < -0.3 is 28.6 Å². The van der Waals surface area contributed by atoms with Gasteiger partial charge in [-0.25, -0.2) is 4.79 Å². The van der Waals surface area contributed by atoms with Crippen molar-refractivity contribution in [3.63, 3.8) is 0 Å². The molecule has 0 saturated heterocycles. The lowest BCUT2D eigenvalue weighted by molar-refractivity contribution is -0.384. The summed E-state index contributed by atoms with van der Waals surface area (Å²) in [6, 6.07) is 9.42. The van der Waals surface area contributed by atoms with Crippen LogP contribution in [0.1, 0.15) is 17.5 Å². The Hall–Kier alpha value is -4.12. The van der Waals surface area contributed by atoms with Gasteiger partial charge in [0.05, 0.1) is 17.1 Å². The van der Waals surface area contributed by atoms with Crippen molar-refractivity contribution in [3.8, 4) is 34.3 Å². The van der Waals surface area contributed by atoms with Gasteiger partial charge in [-0.2, -0.15) is 0 Å². The Morgan fingerprint density at radius 1 is 1.19 bits per heavy atom. The number of hydrogen-bond acceptors (Lipinski definition) is 10. The fraction of sp³-hybridized carbons (Fsp3) is 0.200. The maximum atomic E-state index is 11.9. The van der Waals surface area contributed by atoms with Crippen LogP contribution in [0.4, 0.5) is 5.69 Å². The van der Waals surface area contributed by atoms with Crippen LogP contribution in [0.5, 0.6) is 23.0 Å². The smallest absolute Gasteiger partial charge is 0.377 e. The first kappa shape index (κ1) is 21.6.